The minimum atomic E-state index is -0.609. The number of allylic oxidation sites excluding steroid dienone is 2. The standard InChI is InChI=1S/C21H28N4O3/c1-15-5-4-8-22-18(15)23-9-10-24-20(27)21-13-25(11-17(21)12-28-14-21)19(26)16-6-2-3-7-16/h2-5,8,16-17H,6-7,9-14H2,1H3,(H,22,23)(H,24,27)/t17?,21-/m1/s1. The zero-order chi connectivity index (χ0) is 19.6. The molecule has 3 heterocycles. The third-order valence-corrected chi connectivity index (χ3v) is 6.21. The number of nitrogens with one attached hydrogen (secondary N) is 2. The van der Waals surface area contributed by atoms with E-state index in [1.54, 1.807) is 6.20 Å². The molecule has 1 aliphatic carbocycles. The summed E-state index contributed by atoms with van der Waals surface area (Å²) in [6, 6.07) is 3.90. The highest BCUT2D eigenvalue weighted by atomic mass is 16.5. The Balaban J connectivity index is 1.32. The van der Waals surface area contributed by atoms with Crippen LogP contribution < -0.4 is 10.6 Å². The zero-order valence-electron chi connectivity index (χ0n) is 16.3. The van der Waals surface area contributed by atoms with Crippen molar-refractivity contribution < 1.29 is 14.3 Å². The van der Waals surface area contributed by atoms with Crippen molar-refractivity contribution in [3.8, 4) is 0 Å². The van der Waals surface area contributed by atoms with Gasteiger partial charge >= 0.3 is 0 Å². The number of ether oxygens (including phenoxy) is 1. The molecular weight excluding hydrogens is 356 g/mol. The van der Waals surface area contributed by atoms with E-state index >= 15 is 0 Å². The van der Waals surface area contributed by atoms with Gasteiger partial charge < -0.3 is 20.3 Å². The van der Waals surface area contributed by atoms with Crippen LogP contribution in [0.3, 0.4) is 0 Å². The highest BCUT2D eigenvalue weighted by molar-refractivity contribution is 5.87. The summed E-state index contributed by atoms with van der Waals surface area (Å²) in [5.41, 5.74) is 0.464. The molecule has 0 aromatic carbocycles. The molecule has 1 aromatic rings. The quantitative estimate of drug-likeness (QED) is 0.572. The Morgan fingerprint density at radius 3 is 2.93 bits per heavy atom. The van der Waals surface area contributed by atoms with Crippen molar-refractivity contribution in [1.82, 2.24) is 15.2 Å². The van der Waals surface area contributed by atoms with Gasteiger partial charge in [0, 0.05) is 44.2 Å². The lowest BCUT2D eigenvalue weighted by molar-refractivity contribution is -0.136. The lowest BCUT2D eigenvalue weighted by Crippen LogP contribution is -2.48. The SMILES string of the molecule is Cc1cccnc1NCCNC(=O)[C@]12COCC1CN(C(=O)C1CC=CC1)C2. The van der Waals surface area contributed by atoms with Crippen LogP contribution in [0.15, 0.2) is 30.5 Å². The average Bonchev–Trinajstić information content (AvgIpc) is 3.41. The van der Waals surface area contributed by atoms with Crippen molar-refractivity contribution in [2.45, 2.75) is 19.8 Å². The van der Waals surface area contributed by atoms with Crippen LogP contribution >= 0.6 is 0 Å². The number of anilines is 1. The molecule has 150 valence electrons. The number of fused-ring (bicyclic) bond motifs is 1. The molecule has 1 unspecified atom stereocenters. The van der Waals surface area contributed by atoms with E-state index in [1.807, 2.05) is 24.0 Å². The fourth-order valence-corrected chi connectivity index (χ4v) is 4.51. The number of aromatic nitrogens is 1. The molecule has 2 fully saturated rings. The van der Waals surface area contributed by atoms with Gasteiger partial charge in [-0.15, -0.1) is 0 Å². The van der Waals surface area contributed by atoms with Gasteiger partial charge in [0.1, 0.15) is 5.82 Å². The summed E-state index contributed by atoms with van der Waals surface area (Å²) in [6.07, 6.45) is 7.52. The molecule has 2 amide bonds. The summed E-state index contributed by atoms with van der Waals surface area (Å²) in [5, 5.41) is 6.30. The van der Waals surface area contributed by atoms with Gasteiger partial charge in [-0.05, 0) is 31.4 Å². The maximum Gasteiger partial charge on any atom is 0.230 e. The predicted molar refractivity (Wildman–Crippen MR) is 106 cm³/mol. The van der Waals surface area contributed by atoms with Crippen molar-refractivity contribution in [2.75, 3.05) is 44.7 Å². The van der Waals surface area contributed by atoms with Crippen molar-refractivity contribution in [1.29, 1.82) is 0 Å². The Labute approximate surface area is 165 Å². The van der Waals surface area contributed by atoms with Crippen LogP contribution in [0, 0.1) is 24.2 Å². The molecule has 1 aromatic heterocycles. The monoisotopic (exact) mass is 384 g/mol. The number of rotatable bonds is 6. The highest BCUT2D eigenvalue weighted by Gasteiger charge is 2.56. The Kier molecular flexibility index (Phi) is 5.35. The number of pyridine rings is 1. The van der Waals surface area contributed by atoms with Gasteiger partial charge in [-0.3, -0.25) is 9.59 Å². The van der Waals surface area contributed by atoms with Crippen molar-refractivity contribution in [3.63, 3.8) is 0 Å². The van der Waals surface area contributed by atoms with Crippen LogP contribution in [-0.2, 0) is 14.3 Å². The van der Waals surface area contributed by atoms with Crippen molar-refractivity contribution in [3.05, 3.63) is 36.0 Å². The first-order valence-electron chi connectivity index (χ1n) is 10.1. The highest BCUT2D eigenvalue weighted by Crippen LogP contribution is 2.42. The minimum absolute atomic E-state index is 0.00519. The topological polar surface area (TPSA) is 83.6 Å². The number of carbonyl (C=O) groups is 2. The minimum Gasteiger partial charge on any atom is -0.380 e. The van der Waals surface area contributed by atoms with Gasteiger partial charge in [-0.1, -0.05) is 18.2 Å². The molecule has 2 N–H and O–H groups in total. The van der Waals surface area contributed by atoms with Gasteiger partial charge in [0.25, 0.3) is 0 Å². The second-order valence-electron chi connectivity index (χ2n) is 8.08. The Morgan fingerprint density at radius 2 is 2.14 bits per heavy atom. The number of hydrogen-bond donors (Lipinski definition) is 2. The molecule has 28 heavy (non-hydrogen) atoms. The molecule has 0 saturated carbocycles. The Bertz CT molecular complexity index is 773. The number of hydrogen-bond acceptors (Lipinski definition) is 5. The normalized spacial score (nSPS) is 26.5. The fraction of sp³-hybridized carbons (Fsp3) is 0.571. The maximum atomic E-state index is 13.0. The largest absolute Gasteiger partial charge is 0.380 e. The molecule has 0 radical (unpaired) electrons. The molecule has 0 bridgehead atoms. The van der Waals surface area contributed by atoms with Crippen LogP contribution in [0.25, 0.3) is 0 Å². The van der Waals surface area contributed by atoms with Crippen LogP contribution in [0.4, 0.5) is 5.82 Å². The van der Waals surface area contributed by atoms with Crippen LogP contribution in [0.5, 0.6) is 0 Å². The van der Waals surface area contributed by atoms with Crippen LogP contribution in [0.2, 0.25) is 0 Å². The first-order chi connectivity index (χ1) is 13.6. The van der Waals surface area contributed by atoms with Crippen molar-refractivity contribution >= 4 is 17.6 Å². The third kappa shape index (κ3) is 3.51. The first-order valence-corrected chi connectivity index (χ1v) is 10.1. The molecule has 0 spiro atoms. The second kappa shape index (κ2) is 7.91. The molecule has 4 rings (SSSR count). The lowest BCUT2D eigenvalue weighted by Gasteiger charge is -2.27. The van der Waals surface area contributed by atoms with E-state index in [-0.39, 0.29) is 23.7 Å². The van der Waals surface area contributed by atoms with E-state index in [0.717, 1.165) is 24.2 Å². The van der Waals surface area contributed by atoms with E-state index in [1.165, 1.54) is 0 Å². The molecule has 2 aliphatic heterocycles. The summed E-state index contributed by atoms with van der Waals surface area (Å²) in [5.74, 6) is 1.13. The predicted octanol–water partition coefficient (Wildman–Crippen LogP) is 1.36. The Morgan fingerprint density at radius 1 is 1.32 bits per heavy atom. The summed E-state index contributed by atoms with van der Waals surface area (Å²) in [4.78, 5) is 32.0. The van der Waals surface area contributed by atoms with E-state index in [2.05, 4.69) is 27.8 Å². The number of aryl methyl sites for hydroxylation is 1. The number of nitrogens with zero attached hydrogens (tertiary/aromatic N) is 2. The van der Waals surface area contributed by atoms with Crippen LogP contribution in [-0.4, -0.2) is 61.1 Å². The second-order valence-corrected chi connectivity index (χ2v) is 8.08. The number of amides is 2. The van der Waals surface area contributed by atoms with E-state index in [0.29, 0.717) is 39.4 Å². The molecule has 3 aliphatic rings. The molecular formula is C21H28N4O3. The van der Waals surface area contributed by atoms with Gasteiger partial charge in [0.05, 0.1) is 18.6 Å². The molecule has 7 nitrogen and oxygen atoms in total. The Hall–Kier alpha value is -2.41. The lowest BCUT2D eigenvalue weighted by atomic mass is 9.80. The number of carbonyl (C=O) groups excluding carboxylic acids is 2. The van der Waals surface area contributed by atoms with Gasteiger partial charge in [-0.2, -0.15) is 0 Å². The zero-order valence-corrected chi connectivity index (χ0v) is 16.3. The maximum absolute atomic E-state index is 13.0. The van der Waals surface area contributed by atoms with E-state index in [4.69, 9.17) is 4.74 Å². The van der Waals surface area contributed by atoms with E-state index < -0.39 is 5.41 Å². The smallest absolute Gasteiger partial charge is 0.230 e. The molecule has 2 atom stereocenters. The van der Waals surface area contributed by atoms with Crippen molar-refractivity contribution in [2.24, 2.45) is 17.3 Å². The molecule has 7 heteroatoms. The average molecular weight is 384 g/mol. The summed E-state index contributed by atoms with van der Waals surface area (Å²) >= 11 is 0. The summed E-state index contributed by atoms with van der Waals surface area (Å²) < 4.78 is 5.64. The van der Waals surface area contributed by atoms with Gasteiger partial charge in [-0.25, -0.2) is 4.98 Å². The third-order valence-electron chi connectivity index (χ3n) is 6.21. The van der Waals surface area contributed by atoms with E-state index in [9.17, 15) is 9.59 Å². The molecule has 2 saturated heterocycles. The fourth-order valence-electron chi connectivity index (χ4n) is 4.51. The summed E-state index contributed by atoms with van der Waals surface area (Å²) in [6.45, 7) is 5.12. The van der Waals surface area contributed by atoms with Gasteiger partial charge in [0.2, 0.25) is 11.8 Å². The van der Waals surface area contributed by atoms with Gasteiger partial charge in [0.15, 0.2) is 0 Å². The number of likely N-dealkylation sites (tertiary alicyclic amines) is 1. The first kappa shape index (κ1) is 18.9. The summed E-state index contributed by atoms with van der Waals surface area (Å²) in [7, 11) is 0. The van der Waals surface area contributed by atoms with Crippen LogP contribution in [0.1, 0.15) is 18.4 Å².